The molecule has 3 nitrogen and oxygen atoms in total. The third-order valence-corrected chi connectivity index (χ3v) is 2.52. The molecular weight excluding hydrogens is 253 g/mol. The topological polar surface area (TPSA) is 28.0 Å². The maximum atomic E-state index is 4.26. The molecule has 0 radical (unpaired) electrons. The Morgan fingerprint density at radius 3 is 3.36 bits per heavy atom. The lowest BCUT2D eigenvalue weighted by Gasteiger charge is -2.14. The molecule has 0 bridgehead atoms. The highest BCUT2D eigenvalue weighted by Gasteiger charge is 2.03. The minimum Gasteiger partial charge on any atom is -0.267 e. The highest BCUT2D eigenvalue weighted by atomic mass is 127. The quantitative estimate of drug-likeness (QED) is 0.703. The van der Waals surface area contributed by atoms with E-state index in [0.29, 0.717) is 0 Å². The summed E-state index contributed by atoms with van der Waals surface area (Å²) in [5.41, 5.74) is 0. The smallest absolute Gasteiger partial charge is 0.149 e. The fraction of sp³-hybridized carbons (Fsp3) is 0.286. The van der Waals surface area contributed by atoms with E-state index in [0.717, 1.165) is 12.4 Å². The molecule has 0 fully saturated rings. The van der Waals surface area contributed by atoms with E-state index in [1.807, 2.05) is 13.0 Å². The average Bonchev–Trinajstić information content (AvgIpc) is 2.06. The molecule has 60 valence electrons. The van der Waals surface area contributed by atoms with Gasteiger partial charge in [0.2, 0.25) is 0 Å². The largest absolute Gasteiger partial charge is 0.267 e. The number of nitrogens with zero attached hydrogens (tertiary/aromatic N) is 3. The summed E-state index contributed by atoms with van der Waals surface area (Å²) in [5, 5.41) is 1.75. The summed E-state index contributed by atoms with van der Waals surface area (Å²) in [6, 6.07) is 0. The van der Waals surface area contributed by atoms with Crippen LogP contribution in [0.3, 0.4) is 0 Å². The van der Waals surface area contributed by atoms with Gasteiger partial charge in [0, 0.05) is 33.8 Å². The van der Waals surface area contributed by atoms with Gasteiger partial charge in [0.15, 0.2) is 0 Å². The first-order valence-electron chi connectivity index (χ1n) is 3.35. The zero-order valence-corrected chi connectivity index (χ0v) is 8.52. The lowest BCUT2D eigenvalue weighted by atomic mass is 10.5. The Morgan fingerprint density at radius 2 is 2.73 bits per heavy atom. The Labute approximate surface area is 76.6 Å². The van der Waals surface area contributed by atoms with Gasteiger partial charge in [0.25, 0.3) is 0 Å². The van der Waals surface area contributed by atoms with Crippen molar-refractivity contribution in [2.75, 3.05) is 6.54 Å². The molecule has 1 rings (SSSR count). The fourth-order valence-electron chi connectivity index (χ4n) is 0.683. The van der Waals surface area contributed by atoms with Crippen LogP contribution in [0.25, 0.3) is 0 Å². The van der Waals surface area contributed by atoms with Crippen molar-refractivity contribution in [1.29, 1.82) is 0 Å². The number of aliphatic imine (C=N–C) groups is 1. The van der Waals surface area contributed by atoms with Gasteiger partial charge in [0.05, 0.1) is 0 Å². The van der Waals surface area contributed by atoms with Gasteiger partial charge < -0.3 is 0 Å². The second kappa shape index (κ2) is 4.38. The summed E-state index contributed by atoms with van der Waals surface area (Å²) in [5.74, 6) is 0.897. The van der Waals surface area contributed by atoms with E-state index in [4.69, 9.17) is 0 Å². The molecule has 11 heavy (non-hydrogen) atoms. The van der Waals surface area contributed by atoms with Gasteiger partial charge >= 0.3 is 0 Å². The van der Waals surface area contributed by atoms with E-state index in [1.54, 1.807) is 11.2 Å². The van der Waals surface area contributed by atoms with Gasteiger partial charge in [-0.15, -0.1) is 3.25 Å². The second-order valence-electron chi connectivity index (χ2n) is 1.83. The highest BCUT2D eigenvalue weighted by Crippen LogP contribution is 2.14. The zero-order valence-electron chi connectivity index (χ0n) is 6.37. The number of rotatable bonds is 2. The molecule has 4 heteroatoms. The Kier molecular flexibility index (Phi) is 3.41. The molecule has 0 amide bonds. The normalized spacial score (nSPS) is 20.1. The van der Waals surface area contributed by atoms with Crippen LogP contribution in [0.15, 0.2) is 31.2 Å². The summed E-state index contributed by atoms with van der Waals surface area (Å²) < 4.78 is 6.35. The molecule has 0 aliphatic carbocycles. The summed E-state index contributed by atoms with van der Waals surface area (Å²) in [7, 11) is 0. The molecule has 0 unspecified atom stereocenters. The Balaban J connectivity index is 2.78. The zero-order chi connectivity index (χ0) is 8.10. The summed E-state index contributed by atoms with van der Waals surface area (Å²) in [6.07, 6.45) is 3.70. The van der Waals surface area contributed by atoms with Crippen molar-refractivity contribution in [2.45, 2.75) is 6.92 Å². The fourth-order valence-corrected chi connectivity index (χ4v) is 1.98. The predicted octanol–water partition coefficient (Wildman–Crippen LogP) is 2.45. The lowest BCUT2D eigenvalue weighted by Crippen LogP contribution is -2.17. The lowest BCUT2D eigenvalue weighted by molar-refractivity contribution is 0.625. The summed E-state index contributed by atoms with van der Waals surface area (Å²) in [4.78, 5) is 4.24. The monoisotopic (exact) mass is 263 g/mol. The summed E-state index contributed by atoms with van der Waals surface area (Å²) in [6.45, 7) is 6.45. The van der Waals surface area contributed by atoms with Crippen molar-refractivity contribution in [3.63, 3.8) is 0 Å². The van der Waals surface area contributed by atoms with Gasteiger partial charge in [-0.05, 0) is 17.1 Å². The maximum Gasteiger partial charge on any atom is 0.149 e. The first kappa shape index (κ1) is 8.58. The standard InChI is InChI=1S/C7H10IN3/c1-3-9-7-5-6-8-10-11(7)4-2/h4-6H,2-3H2,1H3. The van der Waals surface area contributed by atoms with Crippen LogP contribution >= 0.6 is 21.0 Å². The third kappa shape index (κ3) is 2.21. The van der Waals surface area contributed by atoms with E-state index < -0.39 is 0 Å². The van der Waals surface area contributed by atoms with E-state index in [1.165, 1.54) is 0 Å². The van der Waals surface area contributed by atoms with Gasteiger partial charge in [-0.2, -0.15) is 0 Å². The van der Waals surface area contributed by atoms with E-state index in [2.05, 4.69) is 18.9 Å². The predicted molar refractivity (Wildman–Crippen MR) is 55.6 cm³/mol. The van der Waals surface area contributed by atoms with Gasteiger partial charge in [-0.1, -0.05) is 6.58 Å². The molecule has 0 aromatic rings. The van der Waals surface area contributed by atoms with Gasteiger partial charge in [0.1, 0.15) is 5.84 Å². The van der Waals surface area contributed by atoms with Crippen LogP contribution in [0.5, 0.6) is 0 Å². The molecule has 0 aromatic carbocycles. The van der Waals surface area contributed by atoms with Crippen LogP contribution in [0.2, 0.25) is 0 Å². The van der Waals surface area contributed by atoms with Crippen LogP contribution in [-0.4, -0.2) is 17.4 Å². The van der Waals surface area contributed by atoms with E-state index in [-0.39, 0.29) is 21.0 Å². The molecule has 0 saturated carbocycles. The Bertz CT molecular complexity index is 230. The summed E-state index contributed by atoms with van der Waals surface area (Å²) >= 11 is -0.152. The molecule has 1 heterocycles. The third-order valence-electron chi connectivity index (χ3n) is 1.12. The molecular formula is C7H10IN3. The number of hydrogen-bond donors (Lipinski definition) is 0. The second-order valence-corrected chi connectivity index (χ2v) is 3.53. The minimum atomic E-state index is -0.152. The maximum absolute atomic E-state index is 4.26. The average molecular weight is 263 g/mol. The number of halogens is 1. The molecule has 0 aromatic heterocycles. The molecule has 0 atom stereocenters. The Hall–Kier alpha value is -0.520. The molecule has 0 saturated heterocycles. The number of amidine groups is 1. The Morgan fingerprint density at radius 1 is 1.91 bits per heavy atom. The van der Waals surface area contributed by atoms with E-state index in [9.17, 15) is 0 Å². The molecule has 1 aliphatic heterocycles. The van der Waals surface area contributed by atoms with E-state index >= 15 is 0 Å². The van der Waals surface area contributed by atoms with Gasteiger partial charge in [-0.25, -0.2) is 5.01 Å². The minimum absolute atomic E-state index is 0.152. The first-order chi connectivity index (χ1) is 5.38. The van der Waals surface area contributed by atoms with Crippen LogP contribution in [0.4, 0.5) is 0 Å². The number of hydrogen-bond acceptors (Lipinski definition) is 2. The molecule has 0 spiro atoms. The van der Waals surface area contributed by atoms with Gasteiger partial charge in [-0.3, -0.25) is 4.99 Å². The van der Waals surface area contributed by atoms with Crippen molar-refractivity contribution in [2.24, 2.45) is 8.25 Å². The first-order valence-corrected chi connectivity index (χ1v) is 5.56. The highest BCUT2D eigenvalue weighted by molar-refractivity contribution is 14.2. The van der Waals surface area contributed by atoms with Crippen molar-refractivity contribution in [3.05, 3.63) is 22.9 Å². The van der Waals surface area contributed by atoms with Crippen molar-refractivity contribution < 1.29 is 0 Å². The SMILES string of the molecule is C=CN1N=IC=CC1=NCC. The van der Waals surface area contributed by atoms with Crippen LogP contribution < -0.4 is 0 Å². The van der Waals surface area contributed by atoms with Crippen LogP contribution in [-0.2, 0) is 0 Å². The van der Waals surface area contributed by atoms with Crippen LogP contribution in [0.1, 0.15) is 6.92 Å². The van der Waals surface area contributed by atoms with Crippen molar-refractivity contribution >= 4 is 26.9 Å². The van der Waals surface area contributed by atoms with Crippen LogP contribution in [0, 0.1) is 0 Å². The molecule has 0 N–H and O–H groups in total. The van der Waals surface area contributed by atoms with Crippen molar-refractivity contribution in [1.82, 2.24) is 5.01 Å². The molecule has 1 aliphatic rings. The van der Waals surface area contributed by atoms with Crippen molar-refractivity contribution in [3.8, 4) is 0 Å².